The molecule has 0 aromatic carbocycles. The van der Waals surface area contributed by atoms with Gasteiger partial charge in [0.1, 0.15) is 5.54 Å². The number of likely N-dealkylation sites (N-methyl/N-ethyl adjacent to an activating group) is 1. The molecule has 1 aliphatic carbocycles. The summed E-state index contributed by atoms with van der Waals surface area (Å²) in [7, 11) is 0. The highest BCUT2D eigenvalue weighted by atomic mass is 79.9. The van der Waals surface area contributed by atoms with Crippen molar-refractivity contribution in [1.29, 1.82) is 0 Å². The van der Waals surface area contributed by atoms with Crippen LogP contribution in [0.2, 0.25) is 0 Å². The molecule has 21 heavy (non-hydrogen) atoms. The number of halogens is 1. The van der Waals surface area contributed by atoms with E-state index in [0.717, 1.165) is 54.6 Å². The summed E-state index contributed by atoms with van der Waals surface area (Å²) in [6.07, 6.45) is 3.88. The maximum absolute atomic E-state index is 12.0. The Morgan fingerprint density at radius 1 is 1.57 bits per heavy atom. The van der Waals surface area contributed by atoms with E-state index in [1.54, 1.807) is 0 Å². The van der Waals surface area contributed by atoms with Crippen LogP contribution in [0, 0.1) is 19.8 Å². The van der Waals surface area contributed by atoms with E-state index in [2.05, 4.69) is 33.3 Å². The molecule has 1 aliphatic rings. The van der Waals surface area contributed by atoms with E-state index in [-0.39, 0.29) is 11.8 Å². The van der Waals surface area contributed by atoms with Gasteiger partial charge in [-0.05, 0) is 61.5 Å². The Hall–Kier alpha value is -0.880. The zero-order chi connectivity index (χ0) is 15.6. The van der Waals surface area contributed by atoms with E-state index < -0.39 is 5.54 Å². The van der Waals surface area contributed by atoms with Crippen LogP contribution in [0.4, 0.5) is 0 Å². The number of nitrogens with one attached hydrogen (secondary N) is 1. The second kappa shape index (κ2) is 6.48. The Bertz CT molecular complexity index is 528. The summed E-state index contributed by atoms with van der Waals surface area (Å²) in [5.41, 5.74) is 7.32. The highest BCUT2D eigenvalue weighted by molar-refractivity contribution is 9.10. The van der Waals surface area contributed by atoms with E-state index >= 15 is 0 Å². The smallest absolute Gasteiger partial charge is 0.238 e. The van der Waals surface area contributed by atoms with Crippen molar-refractivity contribution in [2.24, 2.45) is 11.7 Å². The zero-order valence-electron chi connectivity index (χ0n) is 13.1. The molecule has 6 heteroatoms. The third-order valence-electron chi connectivity index (χ3n) is 4.74. The second-order valence-electron chi connectivity index (χ2n) is 5.95. The highest BCUT2D eigenvalue weighted by Gasteiger charge is 2.46. The van der Waals surface area contributed by atoms with Crippen LogP contribution in [0.1, 0.15) is 44.0 Å². The zero-order valence-corrected chi connectivity index (χ0v) is 14.7. The van der Waals surface area contributed by atoms with Gasteiger partial charge in [0.05, 0.1) is 10.2 Å². The molecule has 0 radical (unpaired) electrons. The molecule has 5 nitrogen and oxygen atoms in total. The summed E-state index contributed by atoms with van der Waals surface area (Å²) in [4.78, 5) is 12.0. The molecule has 1 amide bonds. The van der Waals surface area contributed by atoms with Crippen molar-refractivity contribution in [2.75, 3.05) is 6.54 Å². The fraction of sp³-hybridized carbons (Fsp3) is 0.733. The number of nitrogens with two attached hydrogens (primary N) is 1. The van der Waals surface area contributed by atoms with E-state index in [4.69, 9.17) is 5.73 Å². The molecular weight excluding hydrogens is 332 g/mol. The summed E-state index contributed by atoms with van der Waals surface area (Å²) < 4.78 is 3.09. The monoisotopic (exact) mass is 356 g/mol. The number of aromatic nitrogens is 2. The van der Waals surface area contributed by atoms with Crippen LogP contribution >= 0.6 is 15.9 Å². The van der Waals surface area contributed by atoms with Gasteiger partial charge in [0, 0.05) is 12.2 Å². The Kier molecular flexibility index (Phi) is 5.09. The van der Waals surface area contributed by atoms with Crippen LogP contribution in [0.3, 0.4) is 0 Å². The second-order valence-corrected chi connectivity index (χ2v) is 6.74. The van der Waals surface area contributed by atoms with E-state index in [1.165, 1.54) is 0 Å². The normalized spacial score (nSPS) is 25.4. The third kappa shape index (κ3) is 3.01. The molecule has 2 rings (SSSR count). The van der Waals surface area contributed by atoms with Crippen LogP contribution in [0.15, 0.2) is 4.47 Å². The summed E-state index contributed by atoms with van der Waals surface area (Å²) in [6, 6.07) is 0. The Labute approximate surface area is 134 Å². The summed E-state index contributed by atoms with van der Waals surface area (Å²) in [6.45, 7) is 7.67. The molecule has 0 spiro atoms. The SMILES string of the molecule is CCNC1(C(N)=O)CCCC1CCn1nc(C)c(Br)c1C. The highest BCUT2D eigenvalue weighted by Crippen LogP contribution is 2.38. The Morgan fingerprint density at radius 2 is 2.29 bits per heavy atom. The van der Waals surface area contributed by atoms with E-state index in [9.17, 15) is 4.79 Å². The number of aryl methyl sites for hydroxylation is 2. The molecule has 1 aromatic rings. The molecule has 2 atom stereocenters. The minimum atomic E-state index is -0.526. The minimum absolute atomic E-state index is 0.207. The van der Waals surface area contributed by atoms with Gasteiger partial charge in [0.2, 0.25) is 5.91 Å². The number of hydrogen-bond acceptors (Lipinski definition) is 3. The van der Waals surface area contributed by atoms with Gasteiger partial charge in [-0.25, -0.2) is 0 Å². The average molecular weight is 357 g/mol. The van der Waals surface area contributed by atoms with Crippen LogP contribution in [-0.4, -0.2) is 27.8 Å². The van der Waals surface area contributed by atoms with E-state index in [0.29, 0.717) is 0 Å². The fourth-order valence-electron chi connectivity index (χ4n) is 3.60. The first-order valence-corrected chi connectivity index (χ1v) is 8.46. The van der Waals surface area contributed by atoms with Crippen LogP contribution in [0.5, 0.6) is 0 Å². The van der Waals surface area contributed by atoms with Crippen molar-refractivity contribution in [3.63, 3.8) is 0 Å². The molecule has 0 aliphatic heterocycles. The number of rotatable bonds is 6. The first-order valence-electron chi connectivity index (χ1n) is 7.66. The lowest BCUT2D eigenvalue weighted by molar-refractivity contribution is -0.126. The quantitative estimate of drug-likeness (QED) is 0.821. The molecule has 1 heterocycles. The number of primary amides is 1. The van der Waals surface area contributed by atoms with Gasteiger partial charge in [-0.1, -0.05) is 13.3 Å². The lowest BCUT2D eigenvalue weighted by Crippen LogP contribution is -2.58. The van der Waals surface area contributed by atoms with Gasteiger partial charge in [0.15, 0.2) is 0 Å². The first kappa shape index (κ1) is 16.5. The van der Waals surface area contributed by atoms with Gasteiger partial charge < -0.3 is 11.1 Å². The van der Waals surface area contributed by atoms with Crippen LogP contribution in [0.25, 0.3) is 0 Å². The summed E-state index contributed by atoms with van der Waals surface area (Å²) in [5.74, 6) is 0.0824. The Morgan fingerprint density at radius 3 is 2.81 bits per heavy atom. The minimum Gasteiger partial charge on any atom is -0.368 e. The van der Waals surface area contributed by atoms with Gasteiger partial charge in [-0.2, -0.15) is 5.10 Å². The van der Waals surface area contributed by atoms with E-state index in [1.807, 2.05) is 18.5 Å². The maximum atomic E-state index is 12.0. The third-order valence-corrected chi connectivity index (χ3v) is 5.88. The number of amides is 1. The van der Waals surface area contributed by atoms with Crippen molar-refractivity contribution in [2.45, 2.75) is 58.5 Å². The molecule has 1 saturated carbocycles. The molecular formula is C15H25BrN4O. The largest absolute Gasteiger partial charge is 0.368 e. The van der Waals surface area contributed by atoms with Crippen molar-refractivity contribution < 1.29 is 4.79 Å². The number of carbonyl (C=O) groups excluding carboxylic acids is 1. The topological polar surface area (TPSA) is 72.9 Å². The van der Waals surface area contributed by atoms with Crippen molar-refractivity contribution in [3.8, 4) is 0 Å². The molecule has 3 N–H and O–H groups in total. The van der Waals surface area contributed by atoms with Gasteiger partial charge >= 0.3 is 0 Å². The lowest BCUT2D eigenvalue weighted by atomic mass is 9.83. The van der Waals surface area contributed by atoms with Gasteiger partial charge in [-0.15, -0.1) is 0 Å². The van der Waals surface area contributed by atoms with Crippen molar-refractivity contribution >= 4 is 21.8 Å². The fourth-order valence-corrected chi connectivity index (χ4v) is 3.88. The van der Waals surface area contributed by atoms with Crippen molar-refractivity contribution in [1.82, 2.24) is 15.1 Å². The standard InChI is InChI=1S/C15H25BrN4O/c1-4-18-15(14(17)21)8-5-6-12(15)7-9-20-11(3)13(16)10(2)19-20/h12,18H,4-9H2,1-3H3,(H2,17,21). The Balaban J connectivity index is 2.11. The van der Waals surface area contributed by atoms with Gasteiger partial charge in [0.25, 0.3) is 0 Å². The van der Waals surface area contributed by atoms with Crippen LogP contribution in [-0.2, 0) is 11.3 Å². The molecule has 0 saturated heterocycles. The predicted octanol–water partition coefficient (Wildman–Crippen LogP) is 2.29. The lowest BCUT2D eigenvalue weighted by Gasteiger charge is -2.33. The summed E-state index contributed by atoms with van der Waals surface area (Å²) >= 11 is 3.55. The molecule has 1 fully saturated rings. The first-order chi connectivity index (χ1) is 9.92. The number of nitrogens with zero attached hydrogens (tertiary/aromatic N) is 2. The van der Waals surface area contributed by atoms with Crippen LogP contribution < -0.4 is 11.1 Å². The molecule has 118 valence electrons. The van der Waals surface area contributed by atoms with Crippen molar-refractivity contribution in [3.05, 3.63) is 15.9 Å². The van der Waals surface area contributed by atoms with Gasteiger partial charge in [-0.3, -0.25) is 9.48 Å². The molecule has 0 bridgehead atoms. The average Bonchev–Trinajstić information content (AvgIpc) is 2.95. The summed E-state index contributed by atoms with van der Waals surface area (Å²) in [5, 5.41) is 7.90. The number of hydrogen-bond donors (Lipinski definition) is 2. The molecule has 2 unspecified atom stereocenters. The predicted molar refractivity (Wildman–Crippen MR) is 87.0 cm³/mol. The molecule has 1 aromatic heterocycles. The maximum Gasteiger partial charge on any atom is 0.238 e. The number of carbonyl (C=O) groups is 1.